The third-order valence-corrected chi connectivity index (χ3v) is 2.48. The molecule has 110 valence electrons. The van der Waals surface area contributed by atoms with Crippen LogP contribution in [0.15, 0.2) is 6.07 Å². The lowest BCUT2D eigenvalue weighted by molar-refractivity contribution is -0.127. The minimum atomic E-state index is -1.09. The number of carbonyl (C=O) groups is 3. The molecule has 0 spiro atoms. The Morgan fingerprint density at radius 2 is 2.15 bits per heavy atom. The predicted octanol–water partition coefficient (Wildman–Crippen LogP) is 0.363. The summed E-state index contributed by atoms with van der Waals surface area (Å²) in [6.45, 7) is 3.37. The first-order valence-corrected chi connectivity index (χ1v) is 6.25. The van der Waals surface area contributed by atoms with Crippen molar-refractivity contribution in [1.82, 2.24) is 20.8 Å². The Hall–Kier alpha value is -2.38. The number of hydrogen-bond acceptors (Lipinski definition) is 5. The van der Waals surface area contributed by atoms with E-state index in [4.69, 9.17) is 4.74 Å². The fourth-order valence-corrected chi connectivity index (χ4v) is 1.41. The highest BCUT2D eigenvalue weighted by Gasteiger charge is 2.21. The molecule has 0 aliphatic rings. The maximum atomic E-state index is 11.7. The Kier molecular flexibility index (Phi) is 5.70. The second-order valence-electron chi connectivity index (χ2n) is 4.14. The number of hydrogen-bond donors (Lipinski definition) is 3. The molecule has 1 aromatic heterocycles. The Balaban J connectivity index is 2.55. The summed E-state index contributed by atoms with van der Waals surface area (Å²) in [5.74, 6) is -1.43. The summed E-state index contributed by atoms with van der Waals surface area (Å²) in [4.78, 5) is 34.2. The van der Waals surface area contributed by atoms with Gasteiger partial charge >= 0.3 is 12.0 Å². The molecular formula is C12H18N4O4. The molecule has 0 aliphatic heterocycles. The number of urea groups is 1. The summed E-state index contributed by atoms with van der Waals surface area (Å²) in [6.07, 6.45) is 0.598. The lowest BCUT2D eigenvalue weighted by Crippen LogP contribution is -2.43. The van der Waals surface area contributed by atoms with E-state index < -0.39 is 24.0 Å². The van der Waals surface area contributed by atoms with Gasteiger partial charge < -0.3 is 10.1 Å². The summed E-state index contributed by atoms with van der Waals surface area (Å²) in [5, 5.41) is 10.8. The van der Waals surface area contributed by atoms with E-state index in [9.17, 15) is 14.4 Å². The van der Waals surface area contributed by atoms with Crippen LogP contribution in [0.4, 0.5) is 4.79 Å². The summed E-state index contributed by atoms with van der Waals surface area (Å²) in [5.41, 5.74) is 0.926. The summed E-state index contributed by atoms with van der Waals surface area (Å²) in [7, 11) is 1.37. The van der Waals surface area contributed by atoms with Gasteiger partial charge in [-0.2, -0.15) is 5.10 Å². The molecule has 8 heteroatoms. The van der Waals surface area contributed by atoms with Crippen LogP contribution in [0.3, 0.4) is 0 Å². The molecule has 1 unspecified atom stereocenters. The quantitative estimate of drug-likeness (QED) is 0.675. The highest BCUT2D eigenvalue weighted by atomic mass is 16.5. The van der Waals surface area contributed by atoms with Crippen molar-refractivity contribution in [2.45, 2.75) is 32.8 Å². The van der Waals surface area contributed by atoms with Crippen LogP contribution in [0.1, 0.15) is 36.5 Å². The number of amides is 3. The van der Waals surface area contributed by atoms with Gasteiger partial charge in [-0.25, -0.2) is 9.59 Å². The van der Waals surface area contributed by atoms with Gasteiger partial charge in [-0.3, -0.25) is 15.2 Å². The Bertz CT molecular complexity index is 497. The number of esters is 1. The van der Waals surface area contributed by atoms with Crippen LogP contribution in [-0.2, 0) is 16.0 Å². The van der Waals surface area contributed by atoms with Crippen molar-refractivity contribution in [3.63, 3.8) is 0 Å². The minimum Gasteiger partial charge on any atom is -0.448 e. The summed E-state index contributed by atoms with van der Waals surface area (Å²) in [6, 6.07) is 0.915. The number of H-pyrrole nitrogens is 1. The van der Waals surface area contributed by atoms with E-state index in [2.05, 4.69) is 15.5 Å². The first kappa shape index (κ1) is 15.7. The van der Waals surface area contributed by atoms with Crippen LogP contribution >= 0.6 is 0 Å². The van der Waals surface area contributed by atoms with Crippen molar-refractivity contribution in [2.24, 2.45) is 0 Å². The van der Waals surface area contributed by atoms with Gasteiger partial charge in [0.2, 0.25) is 0 Å². The molecule has 0 radical (unpaired) electrons. The monoisotopic (exact) mass is 282 g/mol. The van der Waals surface area contributed by atoms with E-state index >= 15 is 0 Å². The third kappa shape index (κ3) is 4.38. The Labute approximate surface area is 116 Å². The number of carbonyl (C=O) groups excluding carboxylic acids is 3. The normalized spacial score (nSPS) is 11.6. The topological polar surface area (TPSA) is 113 Å². The molecule has 1 atom stereocenters. The van der Waals surface area contributed by atoms with Gasteiger partial charge in [0.05, 0.1) is 0 Å². The molecule has 3 amide bonds. The summed E-state index contributed by atoms with van der Waals surface area (Å²) < 4.78 is 4.92. The van der Waals surface area contributed by atoms with Gasteiger partial charge in [0.1, 0.15) is 0 Å². The number of aryl methyl sites for hydroxylation is 1. The average Bonchev–Trinajstić information content (AvgIpc) is 2.87. The fourth-order valence-electron chi connectivity index (χ4n) is 1.41. The zero-order valence-corrected chi connectivity index (χ0v) is 11.6. The van der Waals surface area contributed by atoms with Gasteiger partial charge in [-0.15, -0.1) is 0 Å². The lowest BCUT2D eigenvalue weighted by atomic mass is 10.2. The van der Waals surface area contributed by atoms with Crippen LogP contribution in [0.25, 0.3) is 0 Å². The molecule has 0 bridgehead atoms. The predicted molar refractivity (Wildman–Crippen MR) is 70.1 cm³/mol. The fraction of sp³-hybridized carbons (Fsp3) is 0.500. The molecule has 1 aromatic rings. The number of nitrogens with one attached hydrogen (secondary N) is 3. The van der Waals surface area contributed by atoms with E-state index in [1.54, 1.807) is 6.07 Å². The summed E-state index contributed by atoms with van der Waals surface area (Å²) >= 11 is 0. The largest absolute Gasteiger partial charge is 0.448 e. The molecular weight excluding hydrogens is 264 g/mol. The van der Waals surface area contributed by atoms with Crippen molar-refractivity contribution in [3.8, 4) is 0 Å². The van der Waals surface area contributed by atoms with E-state index in [1.807, 2.05) is 12.2 Å². The Morgan fingerprint density at radius 3 is 2.75 bits per heavy atom. The Morgan fingerprint density at radius 1 is 1.45 bits per heavy atom. The average molecular weight is 282 g/mol. The van der Waals surface area contributed by atoms with Gasteiger partial charge in [0.25, 0.3) is 5.91 Å². The second kappa shape index (κ2) is 7.27. The van der Waals surface area contributed by atoms with Gasteiger partial charge in [0, 0.05) is 12.7 Å². The first-order chi connectivity index (χ1) is 9.47. The van der Waals surface area contributed by atoms with Crippen molar-refractivity contribution >= 4 is 17.9 Å². The van der Waals surface area contributed by atoms with Crippen molar-refractivity contribution in [2.75, 3.05) is 7.05 Å². The van der Waals surface area contributed by atoms with Crippen LogP contribution in [-0.4, -0.2) is 41.3 Å². The molecule has 8 nitrogen and oxygen atoms in total. The minimum absolute atomic E-state index is 0.105. The van der Waals surface area contributed by atoms with Gasteiger partial charge in [0.15, 0.2) is 11.8 Å². The maximum Gasteiger partial charge on any atom is 0.359 e. The van der Waals surface area contributed by atoms with Gasteiger partial charge in [-0.1, -0.05) is 13.3 Å². The number of aromatic nitrogens is 2. The lowest BCUT2D eigenvalue weighted by Gasteiger charge is -2.11. The molecule has 0 saturated carbocycles. The SMILES string of the molecule is CCCc1cc(C(=O)OC(C)C(=O)NC(=O)NC)n[nH]1. The molecule has 3 N–H and O–H groups in total. The standard InChI is InChI=1S/C12H18N4O4/c1-4-5-8-6-9(16-15-8)11(18)20-7(2)10(17)14-12(19)13-3/h6-7H,4-5H2,1-3H3,(H,15,16)(H2,13,14,17,19). The van der Waals surface area contributed by atoms with Crippen molar-refractivity contribution in [1.29, 1.82) is 0 Å². The van der Waals surface area contributed by atoms with E-state index in [-0.39, 0.29) is 5.69 Å². The maximum absolute atomic E-state index is 11.7. The highest BCUT2D eigenvalue weighted by molar-refractivity contribution is 5.98. The molecule has 1 heterocycles. The van der Waals surface area contributed by atoms with E-state index in [0.29, 0.717) is 0 Å². The number of rotatable bonds is 5. The smallest absolute Gasteiger partial charge is 0.359 e. The number of imide groups is 1. The zero-order chi connectivity index (χ0) is 15.1. The van der Waals surface area contributed by atoms with Crippen molar-refractivity contribution < 1.29 is 19.1 Å². The number of nitrogens with zero attached hydrogens (tertiary/aromatic N) is 1. The molecule has 0 saturated heterocycles. The molecule has 1 rings (SSSR count). The highest BCUT2D eigenvalue weighted by Crippen LogP contribution is 2.05. The third-order valence-electron chi connectivity index (χ3n) is 2.48. The van der Waals surface area contributed by atoms with Crippen LogP contribution in [0, 0.1) is 0 Å². The van der Waals surface area contributed by atoms with E-state index in [0.717, 1.165) is 18.5 Å². The van der Waals surface area contributed by atoms with Crippen LogP contribution in [0.2, 0.25) is 0 Å². The number of ether oxygens (including phenoxy) is 1. The number of aromatic amines is 1. The molecule has 0 aromatic carbocycles. The zero-order valence-electron chi connectivity index (χ0n) is 11.6. The van der Waals surface area contributed by atoms with Crippen LogP contribution < -0.4 is 10.6 Å². The van der Waals surface area contributed by atoms with E-state index in [1.165, 1.54) is 14.0 Å². The molecule has 20 heavy (non-hydrogen) atoms. The molecule has 0 aliphatic carbocycles. The van der Waals surface area contributed by atoms with Crippen LogP contribution in [0.5, 0.6) is 0 Å². The van der Waals surface area contributed by atoms with Crippen molar-refractivity contribution in [3.05, 3.63) is 17.5 Å². The first-order valence-electron chi connectivity index (χ1n) is 6.25. The second-order valence-corrected chi connectivity index (χ2v) is 4.14. The molecule has 0 fully saturated rings. The van der Waals surface area contributed by atoms with Gasteiger partial charge in [-0.05, 0) is 19.4 Å².